The summed E-state index contributed by atoms with van der Waals surface area (Å²) in [5, 5.41) is 2.92. The van der Waals surface area contributed by atoms with Crippen LogP contribution in [0.15, 0.2) is 78.9 Å². The average Bonchev–Trinajstić information content (AvgIpc) is 3.16. The Morgan fingerprint density at radius 3 is 2.47 bits per heavy atom. The summed E-state index contributed by atoms with van der Waals surface area (Å²) < 4.78 is 23.6. The number of nitrogens with one attached hydrogen (secondary N) is 1. The minimum Gasteiger partial charge on any atom is -0.457 e. The molecule has 174 valence electrons. The van der Waals surface area contributed by atoms with E-state index in [1.54, 1.807) is 18.2 Å². The third-order valence-electron chi connectivity index (χ3n) is 5.33. The summed E-state index contributed by atoms with van der Waals surface area (Å²) in [6.07, 6.45) is -0.0569. The number of aryl methyl sites for hydroxylation is 1. The molecule has 0 spiro atoms. The largest absolute Gasteiger partial charge is 0.457 e. The maximum absolute atomic E-state index is 13.1. The number of nitrogens with zero attached hydrogens (tertiary/aromatic N) is 1. The summed E-state index contributed by atoms with van der Waals surface area (Å²) in [6, 6.07) is 21.6. The standard InChI is InChI=1S/C26H23FN2O5/c27-20-10-12-21(13-11-20)34-22-8-4-5-18(15-22)9-14-24(30)28-23(19-6-2-1-3-7-19)16-29-25(31)17-33-26(29)32/h1-8,10-13,15,23H,9,14,16-17H2,(H,28,30). The van der Waals surface area contributed by atoms with Crippen molar-refractivity contribution in [3.63, 3.8) is 0 Å². The molecule has 0 bridgehead atoms. The van der Waals surface area contributed by atoms with Gasteiger partial charge in [-0.15, -0.1) is 0 Å². The monoisotopic (exact) mass is 462 g/mol. The molecule has 3 aromatic carbocycles. The molecule has 1 saturated heterocycles. The summed E-state index contributed by atoms with van der Waals surface area (Å²) in [4.78, 5) is 37.6. The van der Waals surface area contributed by atoms with Gasteiger partial charge in [0.05, 0.1) is 12.6 Å². The first kappa shape index (κ1) is 23.0. The van der Waals surface area contributed by atoms with E-state index in [4.69, 9.17) is 9.47 Å². The van der Waals surface area contributed by atoms with Gasteiger partial charge >= 0.3 is 6.09 Å². The molecule has 0 aromatic heterocycles. The molecule has 1 fully saturated rings. The van der Waals surface area contributed by atoms with E-state index in [0.29, 0.717) is 17.9 Å². The van der Waals surface area contributed by atoms with Crippen LogP contribution in [0.4, 0.5) is 9.18 Å². The Hall–Kier alpha value is -4.20. The van der Waals surface area contributed by atoms with Crippen LogP contribution in [0.5, 0.6) is 11.5 Å². The van der Waals surface area contributed by atoms with Gasteiger partial charge in [-0.2, -0.15) is 0 Å². The van der Waals surface area contributed by atoms with E-state index in [9.17, 15) is 18.8 Å². The third-order valence-corrected chi connectivity index (χ3v) is 5.33. The molecule has 1 heterocycles. The third kappa shape index (κ3) is 5.98. The maximum atomic E-state index is 13.1. The van der Waals surface area contributed by atoms with Crippen LogP contribution in [0, 0.1) is 5.82 Å². The number of imide groups is 1. The van der Waals surface area contributed by atoms with Crippen LogP contribution in [0.25, 0.3) is 0 Å². The van der Waals surface area contributed by atoms with Gasteiger partial charge in [0.15, 0.2) is 6.61 Å². The molecule has 1 aliphatic rings. The molecule has 7 nitrogen and oxygen atoms in total. The van der Waals surface area contributed by atoms with Crippen molar-refractivity contribution in [3.8, 4) is 11.5 Å². The van der Waals surface area contributed by atoms with E-state index in [1.807, 2.05) is 48.5 Å². The minimum absolute atomic E-state index is 0.00554. The Kier molecular flexibility index (Phi) is 7.17. The number of hydrogen-bond donors (Lipinski definition) is 1. The zero-order valence-electron chi connectivity index (χ0n) is 18.3. The highest BCUT2D eigenvalue weighted by atomic mass is 19.1. The molecular weight excluding hydrogens is 439 g/mol. The van der Waals surface area contributed by atoms with Gasteiger partial charge in [0.25, 0.3) is 5.91 Å². The van der Waals surface area contributed by atoms with Crippen molar-refractivity contribution in [2.24, 2.45) is 0 Å². The zero-order chi connectivity index (χ0) is 23.9. The van der Waals surface area contributed by atoms with Crippen molar-refractivity contribution >= 4 is 17.9 Å². The van der Waals surface area contributed by atoms with Gasteiger partial charge in [-0.3, -0.25) is 9.59 Å². The number of halogens is 1. The lowest BCUT2D eigenvalue weighted by Crippen LogP contribution is -2.40. The van der Waals surface area contributed by atoms with Gasteiger partial charge in [0.2, 0.25) is 5.91 Å². The normalized spacial score (nSPS) is 14.0. The summed E-state index contributed by atoms with van der Waals surface area (Å²) in [5.41, 5.74) is 1.67. The Bertz CT molecular complexity index is 1150. The van der Waals surface area contributed by atoms with Gasteiger partial charge in [0, 0.05) is 6.42 Å². The Labute approximate surface area is 196 Å². The van der Waals surface area contributed by atoms with Crippen molar-refractivity contribution < 1.29 is 28.2 Å². The predicted octanol–water partition coefficient (Wildman–Crippen LogP) is 4.39. The SMILES string of the molecule is O=C(CCc1cccc(Oc2ccc(F)cc2)c1)NC(CN1C(=O)COC1=O)c1ccccc1. The number of carbonyl (C=O) groups excluding carboxylic acids is 3. The molecule has 34 heavy (non-hydrogen) atoms. The van der Waals surface area contributed by atoms with E-state index in [1.165, 1.54) is 12.1 Å². The van der Waals surface area contributed by atoms with Crippen LogP contribution in [-0.4, -0.2) is 36.0 Å². The number of hydrogen-bond acceptors (Lipinski definition) is 5. The lowest BCUT2D eigenvalue weighted by atomic mass is 10.1. The van der Waals surface area contributed by atoms with Crippen LogP contribution in [-0.2, 0) is 20.7 Å². The smallest absolute Gasteiger partial charge is 0.417 e. The summed E-state index contributed by atoms with van der Waals surface area (Å²) in [6.45, 7) is -0.293. The summed E-state index contributed by atoms with van der Waals surface area (Å²) in [7, 11) is 0. The number of carbonyl (C=O) groups is 3. The number of benzene rings is 3. The van der Waals surface area contributed by atoms with E-state index in [-0.39, 0.29) is 31.3 Å². The van der Waals surface area contributed by atoms with Gasteiger partial charge < -0.3 is 14.8 Å². The second kappa shape index (κ2) is 10.6. The molecule has 0 radical (unpaired) electrons. The first-order chi connectivity index (χ1) is 16.5. The Balaban J connectivity index is 1.37. The van der Waals surface area contributed by atoms with Crippen LogP contribution >= 0.6 is 0 Å². The van der Waals surface area contributed by atoms with Crippen molar-refractivity contribution in [2.75, 3.05) is 13.2 Å². The van der Waals surface area contributed by atoms with Gasteiger partial charge in [-0.05, 0) is 53.9 Å². The number of cyclic esters (lactones) is 1. The van der Waals surface area contributed by atoms with Crippen LogP contribution in [0.2, 0.25) is 0 Å². The second-order valence-corrected chi connectivity index (χ2v) is 7.79. The topological polar surface area (TPSA) is 84.9 Å². The first-order valence-electron chi connectivity index (χ1n) is 10.8. The number of rotatable bonds is 9. The molecule has 1 atom stereocenters. The van der Waals surface area contributed by atoms with E-state index in [2.05, 4.69) is 5.32 Å². The molecule has 4 rings (SSSR count). The molecule has 1 aliphatic heterocycles. The lowest BCUT2D eigenvalue weighted by molar-refractivity contribution is -0.127. The fourth-order valence-electron chi connectivity index (χ4n) is 3.59. The van der Waals surface area contributed by atoms with E-state index < -0.39 is 18.0 Å². The maximum Gasteiger partial charge on any atom is 0.417 e. The van der Waals surface area contributed by atoms with E-state index in [0.717, 1.165) is 16.0 Å². The second-order valence-electron chi connectivity index (χ2n) is 7.79. The van der Waals surface area contributed by atoms with Crippen molar-refractivity contribution in [3.05, 3.63) is 95.8 Å². The van der Waals surface area contributed by atoms with Crippen molar-refractivity contribution in [1.82, 2.24) is 10.2 Å². The van der Waals surface area contributed by atoms with Crippen LogP contribution < -0.4 is 10.1 Å². The highest BCUT2D eigenvalue weighted by molar-refractivity contribution is 5.97. The molecule has 3 amide bonds. The highest BCUT2D eigenvalue weighted by Crippen LogP contribution is 2.23. The number of amides is 3. The van der Waals surface area contributed by atoms with Crippen LogP contribution in [0.3, 0.4) is 0 Å². The summed E-state index contributed by atoms with van der Waals surface area (Å²) >= 11 is 0. The molecule has 8 heteroatoms. The molecule has 0 aliphatic carbocycles. The summed E-state index contributed by atoms with van der Waals surface area (Å²) in [5.74, 6) is 0.0958. The lowest BCUT2D eigenvalue weighted by Gasteiger charge is -2.23. The fourth-order valence-corrected chi connectivity index (χ4v) is 3.59. The van der Waals surface area contributed by atoms with Crippen LogP contribution in [0.1, 0.15) is 23.6 Å². The zero-order valence-corrected chi connectivity index (χ0v) is 18.3. The quantitative estimate of drug-likeness (QED) is 0.510. The minimum atomic E-state index is -0.710. The van der Waals surface area contributed by atoms with Gasteiger partial charge in [-0.25, -0.2) is 14.1 Å². The molecular formula is C26H23FN2O5. The molecule has 0 saturated carbocycles. The fraction of sp³-hybridized carbons (Fsp3) is 0.192. The Morgan fingerprint density at radius 2 is 1.76 bits per heavy atom. The first-order valence-corrected chi connectivity index (χ1v) is 10.8. The Morgan fingerprint density at radius 1 is 1.00 bits per heavy atom. The van der Waals surface area contributed by atoms with Crippen molar-refractivity contribution in [1.29, 1.82) is 0 Å². The predicted molar refractivity (Wildman–Crippen MR) is 122 cm³/mol. The van der Waals surface area contributed by atoms with Crippen molar-refractivity contribution in [2.45, 2.75) is 18.9 Å². The molecule has 3 aromatic rings. The highest BCUT2D eigenvalue weighted by Gasteiger charge is 2.33. The van der Waals surface area contributed by atoms with E-state index >= 15 is 0 Å². The molecule has 1 unspecified atom stereocenters. The van der Waals surface area contributed by atoms with Gasteiger partial charge in [0.1, 0.15) is 17.3 Å². The average molecular weight is 462 g/mol. The number of ether oxygens (including phenoxy) is 2. The van der Waals surface area contributed by atoms with Gasteiger partial charge in [-0.1, -0.05) is 42.5 Å². The molecule has 1 N–H and O–H groups in total.